The molecule has 0 radical (unpaired) electrons. The van der Waals surface area contributed by atoms with Gasteiger partial charge in [0.1, 0.15) is 0 Å². The fourth-order valence-corrected chi connectivity index (χ4v) is 6.09. The van der Waals surface area contributed by atoms with E-state index in [0.29, 0.717) is 30.1 Å². The van der Waals surface area contributed by atoms with Crippen molar-refractivity contribution in [3.8, 4) is 0 Å². The molecule has 1 aromatic heterocycles. The molecule has 0 spiro atoms. The van der Waals surface area contributed by atoms with Gasteiger partial charge in [0.2, 0.25) is 10.0 Å². The summed E-state index contributed by atoms with van der Waals surface area (Å²) in [7, 11) is -3.46. The molecule has 1 aliphatic heterocycles. The number of rotatable bonds is 2. The first-order valence-electron chi connectivity index (χ1n) is 5.83. The highest BCUT2D eigenvalue weighted by Crippen LogP contribution is 2.32. The second-order valence-corrected chi connectivity index (χ2v) is 9.12. The Hall–Kier alpha value is -0.440. The molecule has 1 N–H and O–H groups in total. The number of oxime groups is 1. The number of hydrogen-bond donors (Lipinski definition) is 1. The van der Waals surface area contributed by atoms with Crippen LogP contribution in [0.1, 0.15) is 18.2 Å². The van der Waals surface area contributed by atoms with Crippen LogP contribution in [0.2, 0.25) is 0 Å². The maximum Gasteiger partial charge on any atom is 0.244 e. The van der Waals surface area contributed by atoms with Crippen molar-refractivity contribution in [3.05, 3.63) is 14.7 Å². The molecule has 19 heavy (non-hydrogen) atoms. The molecule has 5 nitrogen and oxygen atoms in total. The van der Waals surface area contributed by atoms with Crippen molar-refractivity contribution in [1.82, 2.24) is 4.31 Å². The van der Waals surface area contributed by atoms with Crippen molar-refractivity contribution in [1.29, 1.82) is 0 Å². The highest BCUT2D eigenvalue weighted by molar-refractivity contribution is 9.11. The quantitative estimate of drug-likeness (QED) is 0.645. The third-order valence-corrected chi connectivity index (χ3v) is 6.93. The van der Waals surface area contributed by atoms with Gasteiger partial charge >= 0.3 is 0 Å². The Morgan fingerprint density at radius 1 is 1.58 bits per heavy atom. The molecular formula is C11H15BrN2O3S2. The van der Waals surface area contributed by atoms with E-state index in [-0.39, 0.29) is 5.92 Å². The van der Waals surface area contributed by atoms with Gasteiger partial charge in [-0.3, -0.25) is 0 Å². The molecule has 0 aliphatic carbocycles. The summed E-state index contributed by atoms with van der Waals surface area (Å²) in [5, 5.41) is 12.1. The van der Waals surface area contributed by atoms with E-state index < -0.39 is 10.0 Å². The van der Waals surface area contributed by atoms with Gasteiger partial charge in [-0.2, -0.15) is 4.31 Å². The summed E-state index contributed by atoms with van der Waals surface area (Å²) in [5.41, 5.74) is 0.662. The number of thiophene rings is 1. The average Bonchev–Trinajstić information content (AvgIpc) is 2.69. The van der Waals surface area contributed by atoms with Crippen LogP contribution in [0.25, 0.3) is 0 Å². The number of hydrogen-bond acceptors (Lipinski definition) is 5. The summed E-state index contributed by atoms with van der Waals surface area (Å²) in [5.74, 6) is -0.0593. The lowest BCUT2D eigenvalue weighted by molar-refractivity contribution is 0.300. The lowest BCUT2D eigenvalue weighted by atomic mass is 10.00. The van der Waals surface area contributed by atoms with Crippen LogP contribution in [0.4, 0.5) is 0 Å². The van der Waals surface area contributed by atoms with Gasteiger partial charge in [-0.15, -0.1) is 11.3 Å². The molecule has 8 heteroatoms. The molecule has 106 valence electrons. The molecule has 0 bridgehead atoms. The van der Waals surface area contributed by atoms with Gasteiger partial charge in [-0.05, 0) is 28.9 Å². The third-order valence-electron chi connectivity index (χ3n) is 3.25. The molecule has 1 atom stereocenters. The molecule has 1 saturated heterocycles. The highest BCUT2D eigenvalue weighted by Gasteiger charge is 2.33. The Kier molecular flexibility index (Phi) is 4.34. The Morgan fingerprint density at radius 2 is 2.26 bits per heavy atom. The predicted molar refractivity (Wildman–Crippen MR) is 78.5 cm³/mol. The van der Waals surface area contributed by atoms with E-state index in [0.717, 1.165) is 8.66 Å². The zero-order valence-corrected chi connectivity index (χ0v) is 13.8. The zero-order valence-electron chi connectivity index (χ0n) is 10.6. The van der Waals surface area contributed by atoms with Crippen molar-refractivity contribution in [3.63, 3.8) is 0 Å². The number of halogens is 1. The molecule has 0 amide bonds. The summed E-state index contributed by atoms with van der Waals surface area (Å²) in [6, 6.07) is 1.65. The number of aryl methyl sites for hydroxylation is 1. The minimum atomic E-state index is -3.46. The van der Waals surface area contributed by atoms with E-state index in [1.165, 1.54) is 15.6 Å². The molecule has 1 fully saturated rings. The zero-order chi connectivity index (χ0) is 14.2. The topological polar surface area (TPSA) is 70.0 Å². The first kappa shape index (κ1) is 15.0. The van der Waals surface area contributed by atoms with Crippen LogP contribution in [0.15, 0.2) is 19.9 Å². The van der Waals surface area contributed by atoms with Gasteiger partial charge in [-0.1, -0.05) is 12.1 Å². The fraction of sp³-hybridized carbons (Fsp3) is 0.545. The van der Waals surface area contributed by atoms with Crippen LogP contribution in [0, 0.1) is 12.8 Å². The summed E-state index contributed by atoms with van der Waals surface area (Å²) in [4.78, 5) is 1.14. The van der Waals surface area contributed by atoms with Gasteiger partial charge in [0.05, 0.1) is 14.4 Å². The average molecular weight is 367 g/mol. The van der Waals surface area contributed by atoms with Crippen molar-refractivity contribution >= 4 is 43.0 Å². The summed E-state index contributed by atoms with van der Waals surface area (Å²) in [6.45, 7) is 4.39. The van der Waals surface area contributed by atoms with Crippen molar-refractivity contribution in [2.75, 3.05) is 13.1 Å². The Balaban J connectivity index is 2.29. The van der Waals surface area contributed by atoms with Gasteiger partial charge in [0, 0.05) is 30.3 Å². The van der Waals surface area contributed by atoms with E-state index in [1.807, 2.05) is 6.92 Å². The molecular weight excluding hydrogens is 352 g/mol. The van der Waals surface area contributed by atoms with E-state index in [2.05, 4.69) is 21.1 Å². The second-order valence-electron chi connectivity index (χ2n) is 4.58. The minimum Gasteiger partial charge on any atom is -0.411 e. The summed E-state index contributed by atoms with van der Waals surface area (Å²) in [6.07, 6.45) is 0.473. The second kappa shape index (κ2) is 5.51. The molecule has 0 saturated carbocycles. The fourth-order valence-electron chi connectivity index (χ4n) is 2.18. The smallest absolute Gasteiger partial charge is 0.244 e. The molecule has 1 aliphatic rings. The van der Waals surface area contributed by atoms with E-state index in [4.69, 9.17) is 5.21 Å². The Labute approximate surface area is 125 Å². The van der Waals surface area contributed by atoms with Crippen LogP contribution in [0.3, 0.4) is 0 Å². The molecule has 2 heterocycles. The maximum absolute atomic E-state index is 12.6. The van der Waals surface area contributed by atoms with E-state index in [1.54, 1.807) is 13.0 Å². The SMILES string of the molecule is Cc1sc(Br)cc1S(=O)(=O)N1CC/C(=N\O)C(C)C1. The Morgan fingerprint density at radius 3 is 2.74 bits per heavy atom. The van der Waals surface area contributed by atoms with Crippen molar-refractivity contribution < 1.29 is 13.6 Å². The van der Waals surface area contributed by atoms with Crippen LogP contribution >= 0.6 is 27.3 Å². The van der Waals surface area contributed by atoms with Crippen LogP contribution < -0.4 is 0 Å². The number of nitrogens with zero attached hydrogens (tertiary/aromatic N) is 2. The third kappa shape index (κ3) is 2.86. The van der Waals surface area contributed by atoms with Gasteiger partial charge < -0.3 is 5.21 Å². The molecule has 2 rings (SSSR count). The molecule has 1 unspecified atom stereocenters. The van der Waals surface area contributed by atoms with E-state index in [9.17, 15) is 8.42 Å². The lowest BCUT2D eigenvalue weighted by Gasteiger charge is -2.30. The minimum absolute atomic E-state index is 0.0593. The normalized spacial score (nSPS) is 23.9. The van der Waals surface area contributed by atoms with Crippen molar-refractivity contribution in [2.45, 2.75) is 25.2 Å². The monoisotopic (exact) mass is 366 g/mol. The maximum atomic E-state index is 12.6. The van der Waals surface area contributed by atoms with Gasteiger partial charge in [0.15, 0.2) is 0 Å². The highest BCUT2D eigenvalue weighted by atomic mass is 79.9. The number of sulfonamides is 1. The summed E-state index contributed by atoms with van der Waals surface area (Å²) < 4.78 is 27.4. The van der Waals surface area contributed by atoms with Gasteiger partial charge in [0.25, 0.3) is 0 Å². The standard InChI is InChI=1S/C11H15BrN2O3S2/c1-7-6-14(4-3-9(7)13-15)19(16,17)10-5-11(12)18-8(10)2/h5,7,15H,3-4,6H2,1-2H3/b13-9+. The predicted octanol–water partition coefficient (Wildman–Crippen LogP) is 2.68. The molecule has 0 aromatic carbocycles. The first-order valence-corrected chi connectivity index (χ1v) is 8.88. The first-order chi connectivity index (χ1) is 8.86. The largest absolute Gasteiger partial charge is 0.411 e. The molecule has 1 aromatic rings. The number of piperidine rings is 1. The van der Waals surface area contributed by atoms with Crippen molar-refractivity contribution in [2.24, 2.45) is 11.1 Å². The van der Waals surface area contributed by atoms with Gasteiger partial charge in [-0.25, -0.2) is 8.42 Å². The van der Waals surface area contributed by atoms with Crippen LogP contribution in [-0.2, 0) is 10.0 Å². The van der Waals surface area contributed by atoms with Crippen LogP contribution in [0.5, 0.6) is 0 Å². The van der Waals surface area contributed by atoms with E-state index >= 15 is 0 Å². The van der Waals surface area contributed by atoms with Crippen LogP contribution in [-0.4, -0.2) is 36.7 Å². The Bertz CT molecular complexity index is 609. The summed E-state index contributed by atoms with van der Waals surface area (Å²) >= 11 is 4.73. The lowest BCUT2D eigenvalue weighted by Crippen LogP contribution is -2.43.